The van der Waals surface area contributed by atoms with E-state index in [9.17, 15) is 22.8 Å². The first-order valence-electron chi connectivity index (χ1n) is 12.1. The number of carbonyl (C=O) groups excluding carboxylic acids is 2. The lowest BCUT2D eigenvalue weighted by molar-refractivity contribution is -0.222. The summed E-state index contributed by atoms with van der Waals surface area (Å²) in [7, 11) is 0. The molecule has 3 fully saturated rings. The highest BCUT2D eigenvalue weighted by atomic mass is 19.4. The van der Waals surface area contributed by atoms with Gasteiger partial charge in [0.2, 0.25) is 11.8 Å². The highest BCUT2D eigenvalue weighted by Gasteiger charge is 2.66. The number of halogens is 3. The SMILES string of the molecule is C[C@]12CCC(=O)NC1=CC[C@H]1[C@@H]3CCC[C@@]3(C(C(=O)Nc3ccccc3)C(F)(F)F)CC[C@@H]12. The minimum atomic E-state index is -4.60. The van der Waals surface area contributed by atoms with Gasteiger partial charge in [0, 0.05) is 23.2 Å². The Kier molecular flexibility index (Phi) is 5.37. The number of para-hydroxylation sites is 1. The maximum atomic E-state index is 14.6. The number of alkyl halides is 3. The van der Waals surface area contributed by atoms with Crippen LogP contribution in [0.3, 0.4) is 0 Å². The van der Waals surface area contributed by atoms with E-state index in [2.05, 4.69) is 23.6 Å². The molecule has 2 saturated carbocycles. The van der Waals surface area contributed by atoms with Gasteiger partial charge < -0.3 is 10.6 Å². The summed E-state index contributed by atoms with van der Waals surface area (Å²) in [6, 6.07) is 8.42. The van der Waals surface area contributed by atoms with E-state index in [0.29, 0.717) is 37.8 Å². The Hall–Kier alpha value is -2.31. The van der Waals surface area contributed by atoms with Gasteiger partial charge in [-0.25, -0.2) is 0 Å². The molecule has 4 aliphatic rings. The van der Waals surface area contributed by atoms with Crippen LogP contribution < -0.4 is 10.6 Å². The van der Waals surface area contributed by atoms with E-state index in [1.54, 1.807) is 30.3 Å². The molecule has 0 aromatic heterocycles. The fourth-order valence-electron chi connectivity index (χ4n) is 7.87. The number of allylic oxidation sites excluding steroid dienone is 2. The van der Waals surface area contributed by atoms with Crippen LogP contribution in [0.5, 0.6) is 0 Å². The average molecular weight is 461 g/mol. The second kappa shape index (κ2) is 7.88. The van der Waals surface area contributed by atoms with Crippen LogP contribution in [0.1, 0.15) is 58.3 Å². The molecule has 0 bridgehead atoms. The Bertz CT molecular complexity index is 975. The monoisotopic (exact) mass is 460 g/mol. The van der Waals surface area contributed by atoms with E-state index < -0.39 is 23.4 Å². The molecule has 33 heavy (non-hydrogen) atoms. The van der Waals surface area contributed by atoms with Crippen molar-refractivity contribution >= 4 is 17.5 Å². The second-order valence-corrected chi connectivity index (χ2v) is 10.7. The van der Waals surface area contributed by atoms with Gasteiger partial charge in [-0.2, -0.15) is 13.2 Å². The van der Waals surface area contributed by atoms with Crippen molar-refractivity contribution in [3.8, 4) is 0 Å². The van der Waals surface area contributed by atoms with Crippen LogP contribution in [0.15, 0.2) is 42.1 Å². The van der Waals surface area contributed by atoms with Gasteiger partial charge in [-0.15, -0.1) is 0 Å². The van der Waals surface area contributed by atoms with Gasteiger partial charge in [-0.05, 0) is 73.8 Å². The summed E-state index contributed by atoms with van der Waals surface area (Å²) in [4.78, 5) is 25.1. The molecule has 3 aliphatic carbocycles. The van der Waals surface area contributed by atoms with Gasteiger partial charge in [-0.3, -0.25) is 9.59 Å². The van der Waals surface area contributed by atoms with Crippen LogP contribution >= 0.6 is 0 Å². The molecule has 7 heteroatoms. The zero-order valence-corrected chi connectivity index (χ0v) is 18.9. The number of amides is 2. The van der Waals surface area contributed by atoms with Crippen molar-refractivity contribution in [3.63, 3.8) is 0 Å². The van der Waals surface area contributed by atoms with Gasteiger partial charge >= 0.3 is 6.18 Å². The van der Waals surface area contributed by atoms with Crippen molar-refractivity contribution in [1.29, 1.82) is 0 Å². The third-order valence-corrected chi connectivity index (χ3v) is 9.23. The number of nitrogens with one attached hydrogen (secondary N) is 2. The maximum absolute atomic E-state index is 14.6. The van der Waals surface area contributed by atoms with Crippen molar-refractivity contribution in [2.75, 3.05) is 5.32 Å². The first kappa shape index (κ1) is 22.5. The zero-order valence-electron chi connectivity index (χ0n) is 18.9. The molecule has 6 atom stereocenters. The van der Waals surface area contributed by atoms with Crippen molar-refractivity contribution in [2.45, 2.75) is 64.5 Å². The highest BCUT2D eigenvalue weighted by molar-refractivity contribution is 5.93. The third kappa shape index (κ3) is 3.58. The summed E-state index contributed by atoms with van der Waals surface area (Å²) >= 11 is 0. The molecule has 1 aromatic carbocycles. The standard InChI is InChI=1S/C26H31F3N2O2/c1-24-14-12-21(32)31-20(24)10-9-17-18(24)11-15-25(13-5-8-19(17)25)22(26(27,28)29)23(33)30-16-6-3-2-4-7-16/h2-4,6-7,10,17-19,22H,5,8-9,11-15H2,1H3,(H,30,33)(H,31,32)/t17-,18+,19+,22?,24-,25-/m1/s1. The molecule has 0 radical (unpaired) electrons. The molecule has 2 N–H and O–H groups in total. The Morgan fingerprint density at radius 1 is 1.12 bits per heavy atom. The number of hydrogen-bond donors (Lipinski definition) is 2. The van der Waals surface area contributed by atoms with E-state index in [1.807, 2.05) is 0 Å². The first-order valence-corrected chi connectivity index (χ1v) is 12.1. The molecule has 0 spiro atoms. The van der Waals surface area contributed by atoms with Gasteiger partial charge in [0.25, 0.3) is 0 Å². The van der Waals surface area contributed by atoms with Crippen LogP contribution in [0.2, 0.25) is 0 Å². The summed E-state index contributed by atoms with van der Waals surface area (Å²) in [6.07, 6.45) is 2.29. The third-order valence-electron chi connectivity index (χ3n) is 9.23. The number of benzene rings is 1. The predicted octanol–water partition coefficient (Wildman–Crippen LogP) is 5.82. The van der Waals surface area contributed by atoms with Gasteiger partial charge in [0.05, 0.1) is 0 Å². The normalized spacial score (nSPS) is 36.5. The number of hydrogen-bond acceptors (Lipinski definition) is 2. The lowest BCUT2D eigenvalue weighted by Gasteiger charge is -2.58. The van der Waals surface area contributed by atoms with Crippen molar-refractivity contribution < 1.29 is 22.8 Å². The summed E-state index contributed by atoms with van der Waals surface area (Å²) < 4.78 is 43.7. The Morgan fingerprint density at radius 3 is 2.61 bits per heavy atom. The Balaban J connectivity index is 1.49. The first-order chi connectivity index (χ1) is 15.6. The predicted molar refractivity (Wildman–Crippen MR) is 119 cm³/mol. The van der Waals surface area contributed by atoms with Gasteiger partial charge in [-0.1, -0.05) is 37.6 Å². The van der Waals surface area contributed by atoms with Crippen LogP contribution in [-0.4, -0.2) is 18.0 Å². The zero-order chi connectivity index (χ0) is 23.4. The van der Waals surface area contributed by atoms with Crippen molar-refractivity contribution in [2.24, 2.45) is 34.5 Å². The summed E-state index contributed by atoms with van der Waals surface area (Å²) in [5.74, 6) is -2.71. The minimum absolute atomic E-state index is 0.0258. The molecule has 4 nitrogen and oxygen atoms in total. The molecule has 1 unspecified atom stereocenters. The number of carbonyl (C=O) groups is 2. The number of anilines is 1. The molecule has 5 rings (SSSR count). The molecule has 1 heterocycles. The van der Waals surface area contributed by atoms with Gasteiger partial charge in [0.1, 0.15) is 5.92 Å². The summed E-state index contributed by atoms with van der Waals surface area (Å²) in [5, 5.41) is 5.60. The summed E-state index contributed by atoms with van der Waals surface area (Å²) in [5.41, 5.74) is 0.0931. The quantitative estimate of drug-likeness (QED) is 0.597. The molecule has 1 aliphatic heterocycles. The van der Waals surface area contributed by atoms with Gasteiger partial charge in [0.15, 0.2) is 0 Å². The van der Waals surface area contributed by atoms with Crippen LogP contribution in [0.4, 0.5) is 18.9 Å². The average Bonchev–Trinajstić information content (AvgIpc) is 3.18. The largest absolute Gasteiger partial charge is 0.401 e. The van der Waals surface area contributed by atoms with E-state index in [1.165, 1.54) is 0 Å². The van der Waals surface area contributed by atoms with Crippen LogP contribution in [-0.2, 0) is 9.59 Å². The molecule has 2 amide bonds. The molecule has 178 valence electrons. The van der Waals surface area contributed by atoms with Crippen molar-refractivity contribution in [3.05, 3.63) is 42.1 Å². The second-order valence-electron chi connectivity index (χ2n) is 10.7. The van der Waals surface area contributed by atoms with E-state index >= 15 is 0 Å². The Labute approximate surface area is 192 Å². The summed E-state index contributed by atoms with van der Waals surface area (Å²) in [6.45, 7) is 2.17. The Morgan fingerprint density at radius 2 is 1.88 bits per heavy atom. The molecule has 1 saturated heterocycles. The molecular formula is C26H31F3N2O2. The topological polar surface area (TPSA) is 58.2 Å². The van der Waals surface area contributed by atoms with E-state index in [0.717, 1.165) is 25.0 Å². The number of fused-ring (bicyclic) bond motifs is 5. The minimum Gasteiger partial charge on any atom is -0.330 e. The van der Waals surface area contributed by atoms with Crippen molar-refractivity contribution in [1.82, 2.24) is 5.32 Å². The lowest BCUT2D eigenvalue weighted by Crippen LogP contribution is -2.57. The van der Waals surface area contributed by atoms with Crippen LogP contribution in [0, 0.1) is 34.5 Å². The fraction of sp³-hybridized carbons (Fsp3) is 0.615. The molecular weight excluding hydrogens is 429 g/mol. The fourth-order valence-corrected chi connectivity index (χ4v) is 7.87. The molecule has 1 aromatic rings. The lowest BCUT2D eigenvalue weighted by atomic mass is 9.47. The number of rotatable bonds is 3. The van der Waals surface area contributed by atoms with Crippen LogP contribution in [0.25, 0.3) is 0 Å². The number of piperidine rings is 1. The smallest absolute Gasteiger partial charge is 0.330 e. The highest BCUT2D eigenvalue weighted by Crippen LogP contribution is 2.67. The van der Waals surface area contributed by atoms with E-state index in [4.69, 9.17) is 0 Å². The maximum Gasteiger partial charge on any atom is 0.401 e. The van der Waals surface area contributed by atoms with E-state index in [-0.39, 0.29) is 29.1 Å².